The molecule has 0 saturated heterocycles. The minimum atomic E-state index is -1.00. The van der Waals surface area contributed by atoms with Crippen LogP contribution in [0.15, 0.2) is 40.4 Å². The summed E-state index contributed by atoms with van der Waals surface area (Å²) in [6.45, 7) is 1.16. The van der Waals surface area contributed by atoms with Gasteiger partial charge in [0, 0.05) is 18.5 Å². The lowest BCUT2D eigenvalue weighted by atomic mass is 10.2. The smallest absolute Gasteiger partial charge is 0.326 e. The van der Waals surface area contributed by atoms with Crippen molar-refractivity contribution < 1.29 is 14.5 Å². The third-order valence-corrected chi connectivity index (χ3v) is 3.64. The first-order chi connectivity index (χ1) is 12.4. The molecule has 1 aromatic carbocycles. The molecule has 0 aliphatic rings. The van der Waals surface area contributed by atoms with Crippen molar-refractivity contribution in [2.75, 3.05) is 6.61 Å². The predicted molar refractivity (Wildman–Crippen MR) is 89.2 cm³/mol. The van der Waals surface area contributed by atoms with Crippen LogP contribution in [0.5, 0.6) is 0 Å². The van der Waals surface area contributed by atoms with E-state index in [-0.39, 0.29) is 29.0 Å². The summed E-state index contributed by atoms with van der Waals surface area (Å²) in [7, 11) is 0. The molecule has 0 unspecified atom stereocenters. The highest BCUT2D eigenvalue weighted by molar-refractivity contribution is 5.83. The van der Waals surface area contributed by atoms with Crippen molar-refractivity contribution in [2.45, 2.75) is 13.5 Å². The number of nitro groups is 1. The Labute approximate surface area is 144 Å². The van der Waals surface area contributed by atoms with Crippen molar-refractivity contribution in [1.82, 2.24) is 19.1 Å². The monoisotopic (exact) mass is 359 g/mol. The Kier molecular flexibility index (Phi) is 4.35. The SMILES string of the molecule is CCOC(=O)Cn1c(=O)c(=O)[nH]c2cc(-n3ccnc3)c([N+](=O)[O-])cc21. The molecule has 0 bridgehead atoms. The number of carbonyl (C=O) groups is 1. The van der Waals surface area contributed by atoms with Crippen LogP contribution in [0.1, 0.15) is 6.92 Å². The summed E-state index contributed by atoms with van der Waals surface area (Å²) >= 11 is 0. The molecule has 0 fully saturated rings. The summed E-state index contributed by atoms with van der Waals surface area (Å²) in [6, 6.07) is 2.47. The van der Waals surface area contributed by atoms with E-state index in [0.717, 1.165) is 10.6 Å². The molecule has 1 N–H and O–H groups in total. The van der Waals surface area contributed by atoms with E-state index in [2.05, 4.69) is 9.97 Å². The fourth-order valence-electron chi connectivity index (χ4n) is 2.54. The number of rotatable bonds is 5. The van der Waals surface area contributed by atoms with Crippen LogP contribution >= 0.6 is 0 Å². The van der Waals surface area contributed by atoms with Gasteiger partial charge < -0.3 is 14.3 Å². The summed E-state index contributed by atoms with van der Waals surface area (Å²) in [5, 5.41) is 11.5. The zero-order valence-corrected chi connectivity index (χ0v) is 13.5. The molecule has 3 aromatic rings. The Morgan fingerprint density at radius 1 is 1.38 bits per heavy atom. The molecule has 0 aliphatic heterocycles. The Morgan fingerprint density at radius 2 is 2.15 bits per heavy atom. The van der Waals surface area contributed by atoms with E-state index < -0.39 is 28.6 Å². The Balaban J connectivity index is 2.31. The number of hydrogen-bond donors (Lipinski definition) is 1. The second kappa shape index (κ2) is 6.63. The van der Waals surface area contributed by atoms with E-state index in [0.29, 0.717) is 0 Å². The van der Waals surface area contributed by atoms with Crippen molar-refractivity contribution >= 4 is 22.7 Å². The summed E-state index contributed by atoms with van der Waals surface area (Å²) in [5.41, 5.74) is -1.93. The van der Waals surface area contributed by atoms with Crippen molar-refractivity contribution in [3.63, 3.8) is 0 Å². The standard InChI is InChI=1S/C15H13N5O6/c1-2-26-13(21)7-19-10-6-12(20(24)25)11(18-4-3-16-8-18)5-9(10)17-14(22)15(19)23/h3-6,8H,2,7H2,1H3,(H,17,22). The van der Waals surface area contributed by atoms with Gasteiger partial charge in [-0.1, -0.05) is 0 Å². The van der Waals surface area contributed by atoms with Gasteiger partial charge in [0.25, 0.3) is 5.69 Å². The summed E-state index contributed by atoms with van der Waals surface area (Å²) in [6.07, 6.45) is 4.31. The molecule has 0 spiro atoms. The maximum Gasteiger partial charge on any atom is 0.326 e. The van der Waals surface area contributed by atoms with E-state index in [1.807, 2.05) is 0 Å². The third kappa shape index (κ3) is 2.97. The number of fused-ring (bicyclic) bond motifs is 1. The fraction of sp³-hybridized carbons (Fsp3) is 0.200. The molecule has 0 atom stereocenters. The molecule has 11 heteroatoms. The lowest BCUT2D eigenvalue weighted by Crippen LogP contribution is -2.38. The van der Waals surface area contributed by atoms with E-state index in [4.69, 9.17) is 4.74 Å². The number of ether oxygens (including phenoxy) is 1. The number of carbonyl (C=O) groups excluding carboxylic acids is 1. The van der Waals surface area contributed by atoms with Gasteiger partial charge in [0.05, 0.1) is 28.9 Å². The maximum absolute atomic E-state index is 12.1. The quantitative estimate of drug-likeness (QED) is 0.300. The van der Waals surface area contributed by atoms with Crippen LogP contribution < -0.4 is 11.1 Å². The summed E-state index contributed by atoms with van der Waals surface area (Å²) < 4.78 is 7.05. The highest BCUT2D eigenvalue weighted by Crippen LogP contribution is 2.27. The van der Waals surface area contributed by atoms with Crippen molar-refractivity contribution in [3.8, 4) is 5.69 Å². The molecule has 11 nitrogen and oxygen atoms in total. The second-order valence-electron chi connectivity index (χ2n) is 5.24. The second-order valence-corrected chi connectivity index (χ2v) is 5.24. The lowest BCUT2D eigenvalue weighted by Gasteiger charge is -2.11. The normalized spacial score (nSPS) is 10.8. The molecular formula is C15H13N5O6. The number of hydrogen-bond acceptors (Lipinski definition) is 7. The zero-order valence-electron chi connectivity index (χ0n) is 13.5. The molecule has 3 rings (SSSR count). The largest absolute Gasteiger partial charge is 0.465 e. The van der Waals surface area contributed by atoms with Crippen LogP contribution in [0.4, 0.5) is 5.69 Å². The first-order valence-corrected chi connectivity index (χ1v) is 7.51. The summed E-state index contributed by atoms with van der Waals surface area (Å²) in [5.74, 6) is -0.733. The molecule has 0 aliphatic carbocycles. The number of nitro benzene ring substituents is 1. The predicted octanol–water partition coefficient (Wildman–Crippen LogP) is 0.347. The number of aromatic amines is 1. The Morgan fingerprint density at radius 3 is 2.77 bits per heavy atom. The number of aromatic nitrogens is 4. The number of nitrogens with one attached hydrogen (secondary N) is 1. The van der Waals surface area contributed by atoms with Crippen LogP contribution in [-0.2, 0) is 16.1 Å². The first-order valence-electron chi connectivity index (χ1n) is 7.51. The molecule has 2 aromatic heterocycles. The van der Waals surface area contributed by atoms with Crippen LogP contribution in [0, 0.1) is 10.1 Å². The van der Waals surface area contributed by atoms with Gasteiger partial charge in [-0.25, -0.2) is 4.98 Å². The van der Waals surface area contributed by atoms with Gasteiger partial charge in [-0.15, -0.1) is 0 Å². The van der Waals surface area contributed by atoms with Gasteiger partial charge in [0.1, 0.15) is 12.2 Å². The number of nitrogens with zero attached hydrogens (tertiary/aromatic N) is 4. The minimum absolute atomic E-state index is 0.0400. The topological polar surface area (TPSA) is 142 Å². The highest BCUT2D eigenvalue weighted by Gasteiger charge is 2.21. The number of imidazole rings is 1. The minimum Gasteiger partial charge on any atom is -0.465 e. The van der Waals surface area contributed by atoms with E-state index in [1.165, 1.54) is 29.4 Å². The Bertz CT molecular complexity index is 1110. The number of esters is 1. The molecule has 134 valence electrons. The van der Waals surface area contributed by atoms with Crippen molar-refractivity contribution in [1.29, 1.82) is 0 Å². The van der Waals surface area contributed by atoms with Gasteiger partial charge in [-0.3, -0.25) is 29.1 Å². The highest BCUT2D eigenvalue weighted by atomic mass is 16.6. The van der Waals surface area contributed by atoms with Gasteiger partial charge in [-0.2, -0.15) is 0 Å². The molecule has 0 saturated carbocycles. The van der Waals surface area contributed by atoms with Gasteiger partial charge in [0.2, 0.25) is 0 Å². The van der Waals surface area contributed by atoms with Crippen LogP contribution in [-0.4, -0.2) is 36.6 Å². The molecule has 0 amide bonds. The van der Waals surface area contributed by atoms with Crippen molar-refractivity contribution in [2.24, 2.45) is 0 Å². The van der Waals surface area contributed by atoms with Crippen LogP contribution in [0.3, 0.4) is 0 Å². The molecule has 0 radical (unpaired) electrons. The lowest BCUT2D eigenvalue weighted by molar-refractivity contribution is -0.384. The van der Waals surface area contributed by atoms with E-state index in [1.54, 1.807) is 6.92 Å². The van der Waals surface area contributed by atoms with Gasteiger partial charge >= 0.3 is 17.1 Å². The van der Waals surface area contributed by atoms with E-state index >= 15 is 0 Å². The van der Waals surface area contributed by atoms with E-state index in [9.17, 15) is 24.5 Å². The zero-order chi connectivity index (χ0) is 18.8. The number of benzene rings is 1. The number of H-pyrrole nitrogens is 1. The molecule has 26 heavy (non-hydrogen) atoms. The first kappa shape index (κ1) is 17.1. The van der Waals surface area contributed by atoms with Gasteiger partial charge in [-0.05, 0) is 13.0 Å². The van der Waals surface area contributed by atoms with Crippen LogP contribution in [0.2, 0.25) is 0 Å². The average Bonchev–Trinajstić information content (AvgIpc) is 3.12. The molecule has 2 heterocycles. The van der Waals surface area contributed by atoms with Gasteiger partial charge in [0.15, 0.2) is 0 Å². The third-order valence-electron chi connectivity index (χ3n) is 3.64. The summed E-state index contributed by atoms with van der Waals surface area (Å²) in [4.78, 5) is 52.9. The molecular weight excluding hydrogens is 346 g/mol. The average molecular weight is 359 g/mol. The van der Waals surface area contributed by atoms with Crippen molar-refractivity contribution in [3.05, 3.63) is 61.7 Å². The maximum atomic E-state index is 12.1. The van der Waals surface area contributed by atoms with Crippen LogP contribution in [0.25, 0.3) is 16.7 Å². The fourth-order valence-corrected chi connectivity index (χ4v) is 2.54. The Hall–Kier alpha value is -3.76.